The molecule has 0 bridgehead atoms. The molecule has 0 atom stereocenters. The Hall–Kier alpha value is -1.84. The quantitative estimate of drug-likeness (QED) is 0.788. The predicted octanol–water partition coefficient (Wildman–Crippen LogP) is 2.82. The first-order chi connectivity index (χ1) is 10.0. The van der Waals surface area contributed by atoms with Crippen LogP contribution in [0.3, 0.4) is 0 Å². The summed E-state index contributed by atoms with van der Waals surface area (Å²) in [5, 5.41) is 0. The summed E-state index contributed by atoms with van der Waals surface area (Å²) in [5.41, 5.74) is 0.330. The third-order valence-corrected chi connectivity index (χ3v) is 3.92. The Balaban J connectivity index is 2.45. The van der Waals surface area contributed by atoms with Crippen molar-refractivity contribution in [2.45, 2.75) is 65.2 Å². The lowest BCUT2D eigenvalue weighted by Crippen LogP contribution is -2.54. The zero-order valence-electron chi connectivity index (χ0n) is 14.4. The summed E-state index contributed by atoms with van der Waals surface area (Å²) in [6.07, 6.45) is 0.398. The van der Waals surface area contributed by atoms with E-state index in [1.54, 1.807) is 9.80 Å². The van der Waals surface area contributed by atoms with Crippen LogP contribution in [-0.2, 0) is 16.0 Å². The van der Waals surface area contributed by atoms with Gasteiger partial charge in [-0.15, -0.1) is 0 Å². The van der Waals surface area contributed by atoms with Gasteiger partial charge in [0.2, 0.25) is 0 Å². The molecule has 0 radical (unpaired) electrons. The van der Waals surface area contributed by atoms with Gasteiger partial charge in [-0.1, -0.05) is 30.3 Å². The van der Waals surface area contributed by atoms with E-state index in [9.17, 15) is 9.59 Å². The van der Waals surface area contributed by atoms with Crippen molar-refractivity contribution < 1.29 is 9.59 Å². The molecular formula is C18H26N2O2. The zero-order valence-corrected chi connectivity index (χ0v) is 14.4. The molecule has 1 fully saturated rings. The number of benzene rings is 1. The Morgan fingerprint density at radius 1 is 0.818 bits per heavy atom. The van der Waals surface area contributed by atoms with Gasteiger partial charge < -0.3 is 9.80 Å². The molecule has 1 saturated heterocycles. The number of nitrogens with zero attached hydrogens (tertiary/aromatic N) is 2. The van der Waals surface area contributed by atoms with Gasteiger partial charge in [0, 0.05) is 17.5 Å². The molecule has 4 heteroatoms. The number of carbonyl (C=O) groups is 2. The third-order valence-electron chi connectivity index (χ3n) is 3.92. The van der Waals surface area contributed by atoms with Crippen LogP contribution in [0.5, 0.6) is 0 Å². The number of amides is 2. The first-order valence-electron chi connectivity index (χ1n) is 7.74. The van der Waals surface area contributed by atoms with E-state index in [1.165, 1.54) is 0 Å². The molecule has 0 spiro atoms. The molecule has 0 aliphatic carbocycles. The average molecular weight is 302 g/mol. The van der Waals surface area contributed by atoms with E-state index < -0.39 is 22.9 Å². The standard InChI is InChI=1S/C18H26N2O2/c1-17(2,3)19-14(12-13-10-8-7-9-11-13)20(18(4,5)6)16(22)15(19)21/h7-11,14H,12H2,1-6H3. The molecule has 2 amide bonds. The fraction of sp³-hybridized carbons (Fsp3) is 0.556. The highest BCUT2D eigenvalue weighted by Crippen LogP contribution is 2.33. The summed E-state index contributed by atoms with van der Waals surface area (Å²) in [6, 6.07) is 10.0. The van der Waals surface area contributed by atoms with Crippen LogP contribution in [0.15, 0.2) is 30.3 Å². The summed E-state index contributed by atoms with van der Waals surface area (Å²) in [5.74, 6) is -0.799. The van der Waals surface area contributed by atoms with Crippen molar-refractivity contribution >= 4 is 11.8 Å². The topological polar surface area (TPSA) is 40.6 Å². The van der Waals surface area contributed by atoms with Crippen molar-refractivity contribution in [2.75, 3.05) is 0 Å². The lowest BCUT2D eigenvalue weighted by atomic mass is 10.00. The molecule has 22 heavy (non-hydrogen) atoms. The molecule has 1 aliphatic rings. The minimum absolute atomic E-state index is 0.248. The zero-order chi connectivity index (χ0) is 16.7. The second-order valence-corrected chi connectivity index (χ2v) is 7.86. The summed E-state index contributed by atoms with van der Waals surface area (Å²) in [6.45, 7) is 11.8. The van der Waals surface area contributed by atoms with Crippen molar-refractivity contribution in [3.05, 3.63) is 35.9 Å². The van der Waals surface area contributed by atoms with Crippen molar-refractivity contribution in [1.82, 2.24) is 9.80 Å². The Kier molecular flexibility index (Phi) is 4.07. The van der Waals surface area contributed by atoms with Crippen molar-refractivity contribution in [1.29, 1.82) is 0 Å². The van der Waals surface area contributed by atoms with Gasteiger partial charge in [0.1, 0.15) is 6.17 Å². The number of rotatable bonds is 2. The molecule has 0 unspecified atom stereocenters. The molecule has 1 heterocycles. The van der Waals surface area contributed by atoms with Crippen molar-refractivity contribution in [3.8, 4) is 0 Å². The number of carbonyl (C=O) groups excluding carboxylic acids is 2. The average Bonchev–Trinajstić information content (AvgIpc) is 2.61. The van der Waals surface area contributed by atoms with Crippen LogP contribution in [0.25, 0.3) is 0 Å². The lowest BCUT2D eigenvalue weighted by molar-refractivity contribution is -0.146. The number of hydrogen-bond acceptors (Lipinski definition) is 2. The fourth-order valence-corrected chi connectivity index (χ4v) is 3.10. The van der Waals surface area contributed by atoms with Crippen molar-refractivity contribution in [3.63, 3.8) is 0 Å². The molecule has 2 rings (SSSR count). The maximum absolute atomic E-state index is 12.5. The highest BCUT2D eigenvalue weighted by atomic mass is 16.2. The highest BCUT2D eigenvalue weighted by molar-refractivity contribution is 6.37. The van der Waals surface area contributed by atoms with Crippen LogP contribution >= 0.6 is 0 Å². The van der Waals surface area contributed by atoms with Crippen LogP contribution in [0, 0.1) is 0 Å². The van der Waals surface area contributed by atoms with E-state index >= 15 is 0 Å². The largest absolute Gasteiger partial charge is 0.314 e. The van der Waals surface area contributed by atoms with E-state index in [4.69, 9.17) is 0 Å². The molecule has 0 N–H and O–H groups in total. The molecule has 120 valence electrons. The van der Waals surface area contributed by atoms with Crippen LogP contribution in [0.2, 0.25) is 0 Å². The summed E-state index contributed by atoms with van der Waals surface area (Å²) in [7, 11) is 0. The Bertz CT molecular complexity index is 535. The second-order valence-electron chi connectivity index (χ2n) is 7.86. The summed E-state index contributed by atoms with van der Waals surface area (Å²) >= 11 is 0. The molecular weight excluding hydrogens is 276 g/mol. The van der Waals surface area contributed by atoms with Gasteiger partial charge in [-0.3, -0.25) is 9.59 Å². The normalized spacial score (nSPS) is 17.5. The van der Waals surface area contributed by atoms with Gasteiger partial charge in [0.15, 0.2) is 0 Å². The fourth-order valence-electron chi connectivity index (χ4n) is 3.10. The second kappa shape index (κ2) is 5.41. The van der Waals surface area contributed by atoms with E-state index in [2.05, 4.69) is 0 Å². The van der Waals surface area contributed by atoms with E-state index in [0.717, 1.165) is 5.56 Å². The monoisotopic (exact) mass is 302 g/mol. The maximum Gasteiger partial charge on any atom is 0.314 e. The van der Waals surface area contributed by atoms with Crippen LogP contribution in [0.4, 0.5) is 0 Å². The third kappa shape index (κ3) is 3.01. The smallest absolute Gasteiger partial charge is 0.309 e. The van der Waals surface area contributed by atoms with Gasteiger partial charge >= 0.3 is 11.8 Å². The molecule has 1 aromatic carbocycles. The van der Waals surface area contributed by atoms with Crippen LogP contribution in [0.1, 0.15) is 47.1 Å². The van der Waals surface area contributed by atoms with Crippen LogP contribution in [-0.4, -0.2) is 38.9 Å². The molecule has 0 saturated carbocycles. The minimum Gasteiger partial charge on any atom is -0.309 e. The minimum atomic E-state index is -0.400. The molecule has 0 aromatic heterocycles. The molecule has 1 aliphatic heterocycles. The highest BCUT2D eigenvalue weighted by Gasteiger charge is 2.52. The van der Waals surface area contributed by atoms with Gasteiger partial charge in [0.25, 0.3) is 0 Å². The SMILES string of the molecule is CC(C)(C)N1C(=O)C(=O)N(C(C)(C)C)C1Cc1ccccc1. The Labute approximate surface area is 133 Å². The van der Waals surface area contributed by atoms with E-state index in [-0.39, 0.29) is 6.17 Å². The first-order valence-corrected chi connectivity index (χ1v) is 7.74. The van der Waals surface area contributed by atoms with Gasteiger partial charge in [-0.25, -0.2) is 0 Å². The summed E-state index contributed by atoms with van der Waals surface area (Å²) < 4.78 is 0. The first kappa shape index (κ1) is 16.5. The van der Waals surface area contributed by atoms with Gasteiger partial charge in [-0.2, -0.15) is 0 Å². The van der Waals surface area contributed by atoms with Crippen LogP contribution < -0.4 is 0 Å². The van der Waals surface area contributed by atoms with Gasteiger partial charge in [0.05, 0.1) is 0 Å². The predicted molar refractivity (Wildman–Crippen MR) is 87.1 cm³/mol. The Morgan fingerprint density at radius 2 is 1.23 bits per heavy atom. The number of hydrogen-bond donors (Lipinski definition) is 0. The maximum atomic E-state index is 12.5. The Morgan fingerprint density at radius 3 is 1.59 bits per heavy atom. The summed E-state index contributed by atoms with van der Waals surface area (Å²) in [4.78, 5) is 28.5. The molecule has 1 aromatic rings. The van der Waals surface area contributed by atoms with Gasteiger partial charge in [-0.05, 0) is 47.1 Å². The van der Waals surface area contributed by atoms with E-state index in [1.807, 2.05) is 71.9 Å². The molecule has 4 nitrogen and oxygen atoms in total. The van der Waals surface area contributed by atoms with Crippen molar-refractivity contribution in [2.24, 2.45) is 0 Å². The lowest BCUT2D eigenvalue weighted by Gasteiger charge is -2.42. The van der Waals surface area contributed by atoms with E-state index in [0.29, 0.717) is 6.42 Å².